The molecule has 1 aliphatic carbocycles. The van der Waals surface area contributed by atoms with Gasteiger partial charge in [0.05, 0.1) is 12.7 Å². The Bertz CT molecular complexity index is 237. The second kappa shape index (κ2) is 2.71. The summed E-state index contributed by atoms with van der Waals surface area (Å²) in [6.45, 7) is 7.12. The molecule has 0 aromatic rings. The number of hydrogen-bond donors (Lipinski definition) is 1. The van der Waals surface area contributed by atoms with E-state index in [2.05, 4.69) is 31.0 Å². The smallest absolute Gasteiger partial charge is 0.238 e. The highest BCUT2D eigenvalue weighted by Crippen LogP contribution is 2.49. The number of rotatable bonds is 2. The molecular weight excluding hydrogens is 164 g/mol. The van der Waals surface area contributed by atoms with Crippen LogP contribution in [0.25, 0.3) is 0 Å². The largest absolute Gasteiger partial charge is 0.323 e. The standard InChI is InChI=1S/C10H18N2O/c1-4-8-11-6-9(13)12(8)7-5-10(7,2)3/h7-8,11H,4-6H2,1-3H3. The normalized spacial score (nSPS) is 36.8. The van der Waals surface area contributed by atoms with E-state index in [9.17, 15) is 4.79 Å². The summed E-state index contributed by atoms with van der Waals surface area (Å²) in [5.74, 6) is 0.280. The lowest BCUT2D eigenvalue weighted by Crippen LogP contribution is -2.40. The van der Waals surface area contributed by atoms with E-state index in [1.165, 1.54) is 0 Å². The van der Waals surface area contributed by atoms with Gasteiger partial charge in [-0.05, 0) is 18.3 Å². The lowest BCUT2D eigenvalue weighted by atomic mass is 10.1. The molecule has 0 aromatic carbocycles. The minimum atomic E-state index is 0.280. The van der Waals surface area contributed by atoms with Crippen molar-refractivity contribution in [1.82, 2.24) is 10.2 Å². The molecule has 0 spiro atoms. The van der Waals surface area contributed by atoms with Crippen LogP contribution in [0.1, 0.15) is 33.6 Å². The molecule has 1 saturated carbocycles. The molecule has 2 unspecified atom stereocenters. The second-order valence-corrected chi connectivity index (χ2v) is 4.81. The van der Waals surface area contributed by atoms with Gasteiger partial charge >= 0.3 is 0 Å². The van der Waals surface area contributed by atoms with Crippen molar-refractivity contribution >= 4 is 5.91 Å². The van der Waals surface area contributed by atoms with E-state index in [4.69, 9.17) is 0 Å². The summed E-state index contributed by atoms with van der Waals surface area (Å²) in [7, 11) is 0. The zero-order valence-corrected chi connectivity index (χ0v) is 8.63. The van der Waals surface area contributed by atoms with E-state index in [0.717, 1.165) is 12.8 Å². The Labute approximate surface area is 79.5 Å². The van der Waals surface area contributed by atoms with Crippen LogP contribution in [0.5, 0.6) is 0 Å². The molecule has 0 aromatic heterocycles. The van der Waals surface area contributed by atoms with Crippen LogP contribution in [0.3, 0.4) is 0 Å². The topological polar surface area (TPSA) is 32.3 Å². The van der Waals surface area contributed by atoms with Crippen LogP contribution in [0.2, 0.25) is 0 Å². The predicted octanol–water partition coefficient (Wildman–Crippen LogP) is 0.953. The Kier molecular flexibility index (Phi) is 1.88. The third-order valence-corrected chi connectivity index (χ3v) is 3.30. The van der Waals surface area contributed by atoms with Gasteiger partial charge in [0.1, 0.15) is 0 Å². The fraction of sp³-hybridized carbons (Fsp3) is 0.900. The van der Waals surface area contributed by atoms with Crippen molar-refractivity contribution in [2.24, 2.45) is 5.41 Å². The van der Waals surface area contributed by atoms with Crippen LogP contribution in [-0.4, -0.2) is 29.6 Å². The summed E-state index contributed by atoms with van der Waals surface area (Å²) in [5, 5.41) is 3.24. The summed E-state index contributed by atoms with van der Waals surface area (Å²) in [5.41, 5.74) is 0.356. The third kappa shape index (κ3) is 1.35. The van der Waals surface area contributed by atoms with E-state index in [1.807, 2.05) is 0 Å². The Hall–Kier alpha value is -0.570. The highest BCUT2D eigenvalue weighted by atomic mass is 16.2. The summed E-state index contributed by atoms with van der Waals surface area (Å²) >= 11 is 0. The minimum absolute atomic E-state index is 0.280. The van der Waals surface area contributed by atoms with Crippen molar-refractivity contribution in [3.8, 4) is 0 Å². The quantitative estimate of drug-likeness (QED) is 0.689. The van der Waals surface area contributed by atoms with E-state index in [-0.39, 0.29) is 5.91 Å². The fourth-order valence-electron chi connectivity index (χ4n) is 2.21. The van der Waals surface area contributed by atoms with Gasteiger partial charge in [-0.25, -0.2) is 0 Å². The molecule has 3 nitrogen and oxygen atoms in total. The lowest BCUT2D eigenvalue weighted by Gasteiger charge is -2.24. The van der Waals surface area contributed by atoms with Crippen LogP contribution >= 0.6 is 0 Å². The maximum Gasteiger partial charge on any atom is 0.238 e. The van der Waals surface area contributed by atoms with Gasteiger partial charge in [-0.2, -0.15) is 0 Å². The van der Waals surface area contributed by atoms with Crippen LogP contribution in [0.15, 0.2) is 0 Å². The van der Waals surface area contributed by atoms with Gasteiger partial charge in [0, 0.05) is 6.04 Å². The first kappa shape index (κ1) is 9.00. The van der Waals surface area contributed by atoms with Gasteiger partial charge in [-0.15, -0.1) is 0 Å². The maximum absolute atomic E-state index is 11.6. The van der Waals surface area contributed by atoms with Gasteiger partial charge in [-0.3, -0.25) is 10.1 Å². The van der Waals surface area contributed by atoms with Crippen molar-refractivity contribution in [1.29, 1.82) is 0 Å². The van der Waals surface area contributed by atoms with Crippen LogP contribution in [0.4, 0.5) is 0 Å². The molecule has 1 aliphatic heterocycles. The molecule has 74 valence electrons. The van der Waals surface area contributed by atoms with Gasteiger partial charge in [0.25, 0.3) is 0 Å². The van der Waals surface area contributed by atoms with Gasteiger partial charge in [0.15, 0.2) is 0 Å². The van der Waals surface area contributed by atoms with Crippen LogP contribution in [-0.2, 0) is 4.79 Å². The Morgan fingerprint density at radius 1 is 1.62 bits per heavy atom. The summed E-state index contributed by atoms with van der Waals surface area (Å²) in [6.07, 6.45) is 2.47. The molecule has 2 atom stereocenters. The van der Waals surface area contributed by atoms with Crippen molar-refractivity contribution < 1.29 is 4.79 Å². The molecule has 1 N–H and O–H groups in total. The Balaban J connectivity index is 2.08. The van der Waals surface area contributed by atoms with E-state index >= 15 is 0 Å². The molecule has 2 rings (SSSR count). The SMILES string of the molecule is CCC1NCC(=O)N1C1CC1(C)C. The molecule has 2 aliphatic rings. The molecule has 1 saturated heterocycles. The highest BCUT2D eigenvalue weighted by Gasteiger charge is 2.53. The number of carbonyl (C=O) groups is 1. The van der Waals surface area contributed by atoms with E-state index in [0.29, 0.717) is 24.2 Å². The monoisotopic (exact) mass is 182 g/mol. The maximum atomic E-state index is 11.6. The summed E-state index contributed by atoms with van der Waals surface area (Å²) < 4.78 is 0. The Morgan fingerprint density at radius 3 is 2.69 bits per heavy atom. The third-order valence-electron chi connectivity index (χ3n) is 3.30. The van der Waals surface area contributed by atoms with Crippen LogP contribution in [0, 0.1) is 5.41 Å². The number of nitrogens with zero attached hydrogens (tertiary/aromatic N) is 1. The van der Waals surface area contributed by atoms with Crippen molar-refractivity contribution in [3.63, 3.8) is 0 Å². The molecule has 0 radical (unpaired) electrons. The number of nitrogens with one attached hydrogen (secondary N) is 1. The lowest BCUT2D eigenvalue weighted by molar-refractivity contribution is -0.129. The highest BCUT2D eigenvalue weighted by molar-refractivity contribution is 5.81. The molecule has 0 bridgehead atoms. The first-order chi connectivity index (χ1) is 6.06. The molecule has 1 amide bonds. The number of carbonyl (C=O) groups excluding carboxylic acids is 1. The van der Waals surface area contributed by atoms with E-state index < -0.39 is 0 Å². The van der Waals surface area contributed by atoms with Gasteiger partial charge in [0.2, 0.25) is 5.91 Å². The fourth-order valence-corrected chi connectivity index (χ4v) is 2.21. The predicted molar refractivity (Wildman–Crippen MR) is 51.1 cm³/mol. The number of amides is 1. The summed E-state index contributed by atoms with van der Waals surface area (Å²) in [6, 6.07) is 0.486. The summed E-state index contributed by atoms with van der Waals surface area (Å²) in [4.78, 5) is 13.6. The first-order valence-corrected chi connectivity index (χ1v) is 5.11. The van der Waals surface area contributed by atoms with Crippen LogP contribution < -0.4 is 5.32 Å². The average molecular weight is 182 g/mol. The average Bonchev–Trinajstić information content (AvgIpc) is 2.54. The van der Waals surface area contributed by atoms with Gasteiger partial charge in [-0.1, -0.05) is 20.8 Å². The molecule has 1 heterocycles. The first-order valence-electron chi connectivity index (χ1n) is 5.11. The minimum Gasteiger partial charge on any atom is -0.323 e. The number of hydrogen-bond acceptors (Lipinski definition) is 2. The van der Waals surface area contributed by atoms with E-state index in [1.54, 1.807) is 0 Å². The zero-order chi connectivity index (χ0) is 9.64. The van der Waals surface area contributed by atoms with Gasteiger partial charge < -0.3 is 4.90 Å². The molecule has 3 heteroatoms. The zero-order valence-electron chi connectivity index (χ0n) is 8.63. The molecule has 2 fully saturated rings. The molecular formula is C10H18N2O. The Morgan fingerprint density at radius 2 is 2.23 bits per heavy atom. The van der Waals surface area contributed by atoms with Crippen molar-refractivity contribution in [2.75, 3.05) is 6.54 Å². The van der Waals surface area contributed by atoms with Crippen molar-refractivity contribution in [2.45, 2.75) is 45.8 Å². The molecule has 13 heavy (non-hydrogen) atoms. The second-order valence-electron chi connectivity index (χ2n) is 4.81. The van der Waals surface area contributed by atoms with Crippen molar-refractivity contribution in [3.05, 3.63) is 0 Å².